The number of nitrogens with zero attached hydrogens (tertiary/aromatic N) is 2. The van der Waals surface area contributed by atoms with Crippen LogP contribution in [-0.2, 0) is 22.6 Å². The van der Waals surface area contributed by atoms with Gasteiger partial charge in [-0.25, -0.2) is 0 Å². The van der Waals surface area contributed by atoms with Gasteiger partial charge in [0.25, 0.3) is 0 Å². The third-order valence-corrected chi connectivity index (χ3v) is 5.51. The van der Waals surface area contributed by atoms with Crippen LogP contribution >= 0.6 is 11.6 Å². The zero-order chi connectivity index (χ0) is 23.9. The second-order valence-corrected chi connectivity index (χ2v) is 8.22. The van der Waals surface area contributed by atoms with Gasteiger partial charge in [0.15, 0.2) is 0 Å². The van der Waals surface area contributed by atoms with Gasteiger partial charge in [-0.3, -0.25) is 4.79 Å². The maximum absolute atomic E-state index is 11.0. The Hall–Kier alpha value is -3.77. The molecule has 34 heavy (non-hydrogen) atoms. The van der Waals surface area contributed by atoms with Gasteiger partial charge < -0.3 is 19.2 Å². The van der Waals surface area contributed by atoms with E-state index in [9.17, 15) is 4.79 Å². The van der Waals surface area contributed by atoms with Crippen LogP contribution in [0.3, 0.4) is 0 Å². The first-order valence-corrected chi connectivity index (χ1v) is 11.4. The maximum atomic E-state index is 11.0. The number of para-hydroxylation sites is 1. The zero-order valence-electron chi connectivity index (χ0n) is 18.8. The lowest BCUT2D eigenvalue weighted by atomic mass is 10.1. The van der Waals surface area contributed by atoms with Gasteiger partial charge >= 0.3 is 5.97 Å². The predicted molar refractivity (Wildman–Crippen MR) is 134 cm³/mol. The van der Waals surface area contributed by atoms with Gasteiger partial charge in [0.1, 0.15) is 24.7 Å². The molecular weight excluding hydrogens is 452 g/mol. The molecule has 0 aliphatic carbocycles. The lowest BCUT2D eigenvalue weighted by Crippen LogP contribution is -2.14. The number of hydrogen-bond acceptors (Lipinski definition) is 4. The van der Waals surface area contributed by atoms with Crippen molar-refractivity contribution in [1.29, 1.82) is 0 Å². The first-order valence-electron chi connectivity index (χ1n) is 11.0. The highest BCUT2D eigenvalue weighted by Gasteiger charge is 2.16. The number of fused-ring (bicyclic) bond motifs is 1. The average Bonchev–Trinajstić information content (AvgIpc) is 3.17. The zero-order valence-corrected chi connectivity index (χ0v) is 19.5. The van der Waals surface area contributed by atoms with Crippen molar-refractivity contribution in [2.75, 3.05) is 13.2 Å². The van der Waals surface area contributed by atoms with E-state index in [0.29, 0.717) is 35.2 Å². The standard InChI is InChI=1S/C27H25ClN2O4/c1-2-34-29-25(18-33-22-10-6-7-19(14-22)15-27(31)32)24-17-30(26-12-4-3-11-23(24)26)16-20-8-5-9-21(28)13-20/h3-14,17H,2,15-16,18H2,1H3,(H,31,32)/b29-25+. The molecule has 4 aromatic rings. The third kappa shape index (κ3) is 5.77. The molecule has 0 fully saturated rings. The Bertz CT molecular complexity index is 1330. The van der Waals surface area contributed by atoms with Crippen molar-refractivity contribution in [2.45, 2.75) is 19.9 Å². The van der Waals surface area contributed by atoms with E-state index in [4.69, 9.17) is 26.3 Å². The van der Waals surface area contributed by atoms with Gasteiger partial charge in [0.05, 0.1) is 6.42 Å². The molecule has 0 atom stereocenters. The lowest BCUT2D eigenvalue weighted by Gasteiger charge is -2.10. The summed E-state index contributed by atoms with van der Waals surface area (Å²) in [5.74, 6) is -0.311. The van der Waals surface area contributed by atoms with Crippen molar-refractivity contribution in [3.63, 3.8) is 0 Å². The molecule has 0 radical (unpaired) electrons. The monoisotopic (exact) mass is 476 g/mol. The summed E-state index contributed by atoms with van der Waals surface area (Å²) in [5, 5.41) is 15.1. The number of oxime groups is 1. The van der Waals surface area contributed by atoms with Crippen molar-refractivity contribution >= 4 is 34.2 Å². The van der Waals surface area contributed by atoms with Crippen LogP contribution in [-0.4, -0.2) is 34.6 Å². The molecule has 7 heteroatoms. The summed E-state index contributed by atoms with van der Waals surface area (Å²) >= 11 is 6.19. The van der Waals surface area contributed by atoms with Crippen LogP contribution in [0.1, 0.15) is 23.6 Å². The van der Waals surface area contributed by atoms with Gasteiger partial charge in [-0.15, -0.1) is 0 Å². The number of carboxylic acid groups (broad SMARTS) is 1. The summed E-state index contributed by atoms with van der Waals surface area (Å²) in [6.07, 6.45) is 1.99. The lowest BCUT2D eigenvalue weighted by molar-refractivity contribution is -0.136. The van der Waals surface area contributed by atoms with Crippen LogP contribution in [0.5, 0.6) is 5.75 Å². The highest BCUT2D eigenvalue weighted by atomic mass is 35.5. The summed E-state index contributed by atoms with van der Waals surface area (Å²) in [6.45, 7) is 3.13. The Morgan fingerprint density at radius 2 is 1.82 bits per heavy atom. The molecule has 1 N–H and O–H groups in total. The molecule has 3 aromatic carbocycles. The summed E-state index contributed by atoms with van der Waals surface area (Å²) < 4.78 is 8.16. The van der Waals surface area contributed by atoms with Crippen molar-refractivity contribution in [3.05, 3.63) is 101 Å². The Morgan fingerprint density at radius 1 is 1.03 bits per heavy atom. The Kier molecular flexibility index (Phi) is 7.50. The largest absolute Gasteiger partial charge is 0.487 e. The summed E-state index contributed by atoms with van der Waals surface area (Å²) in [7, 11) is 0. The quantitative estimate of drug-likeness (QED) is 0.232. The van der Waals surface area contributed by atoms with E-state index in [0.717, 1.165) is 22.0 Å². The fraction of sp³-hybridized carbons (Fsp3) is 0.185. The fourth-order valence-electron chi connectivity index (χ4n) is 3.81. The smallest absolute Gasteiger partial charge is 0.307 e. The molecule has 0 saturated carbocycles. The van der Waals surface area contributed by atoms with Gasteiger partial charge in [-0.1, -0.05) is 59.2 Å². The molecule has 6 nitrogen and oxygen atoms in total. The Balaban J connectivity index is 1.64. The van der Waals surface area contributed by atoms with E-state index < -0.39 is 5.97 Å². The Morgan fingerprint density at radius 3 is 2.62 bits per heavy atom. The summed E-state index contributed by atoms with van der Waals surface area (Å²) in [4.78, 5) is 16.5. The Labute approximate surface area is 203 Å². The van der Waals surface area contributed by atoms with Crippen molar-refractivity contribution < 1.29 is 19.5 Å². The predicted octanol–water partition coefficient (Wildman–Crippen LogP) is 5.79. The van der Waals surface area contributed by atoms with E-state index in [-0.39, 0.29) is 13.0 Å². The van der Waals surface area contributed by atoms with E-state index in [1.807, 2.05) is 55.6 Å². The average molecular weight is 477 g/mol. The molecule has 174 valence electrons. The minimum atomic E-state index is -0.886. The highest BCUT2D eigenvalue weighted by molar-refractivity contribution is 6.30. The highest BCUT2D eigenvalue weighted by Crippen LogP contribution is 2.25. The van der Waals surface area contributed by atoms with E-state index >= 15 is 0 Å². The van der Waals surface area contributed by atoms with Gasteiger partial charge in [0, 0.05) is 34.2 Å². The second kappa shape index (κ2) is 10.9. The second-order valence-electron chi connectivity index (χ2n) is 7.78. The number of carbonyl (C=O) groups is 1. The SMILES string of the molecule is CCO/N=C(\COc1cccc(CC(=O)O)c1)c1cn(Cc2cccc(Cl)c2)c2ccccc12. The molecule has 4 rings (SSSR count). The molecular formula is C27H25ClN2O4. The van der Waals surface area contributed by atoms with E-state index in [2.05, 4.69) is 15.8 Å². The molecule has 1 aromatic heterocycles. The molecule has 0 bridgehead atoms. The summed E-state index contributed by atoms with van der Waals surface area (Å²) in [5.41, 5.74) is 4.38. The molecule has 0 aliphatic rings. The third-order valence-electron chi connectivity index (χ3n) is 5.27. The van der Waals surface area contributed by atoms with Gasteiger partial charge in [-0.2, -0.15) is 0 Å². The topological polar surface area (TPSA) is 73.1 Å². The number of ether oxygens (including phenoxy) is 1. The number of hydrogen-bond donors (Lipinski definition) is 1. The minimum Gasteiger partial charge on any atom is -0.487 e. The van der Waals surface area contributed by atoms with Gasteiger partial charge in [0.2, 0.25) is 0 Å². The molecule has 1 heterocycles. The van der Waals surface area contributed by atoms with Crippen LogP contribution in [0.2, 0.25) is 5.02 Å². The van der Waals surface area contributed by atoms with Crippen LogP contribution < -0.4 is 4.74 Å². The normalized spacial score (nSPS) is 11.5. The number of carboxylic acids is 1. The van der Waals surface area contributed by atoms with Crippen molar-refractivity contribution in [2.24, 2.45) is 5.16 Å². The number of halogens is 1. The molecule has 0 amide bonds. The van der Waals surface area contributed by atoms with Crippen LogP contribution in [0.15, 0.2) is 84.1 Å². The van der Waals surface area contributed by atoms with Crippen LogP contribution in [0, 0.1) is 0 Å². The first-order chi connectivity index (χ1) is 16.5. The van der Waals surface area contributed by atoms with Crippen molar-refractivity contribution in [3.8, 4) is 5.75 Å². The summed E-state index contributed by atoms with van der Waals surface area (Å²) in [6, 6.07) is 23.0. The van der Waals surface area contributed by atoms with Crippen LogP contribution in [0.4, 0.5) is 0 Å². The minimum absolute atomic E-state index is 0.0614. The van der Waals surface area contributed by atoms with E-state index in [1.54, 1.807) is 24.3 Å². The van der Waals surface area contributed by atoms with E-state index in [1.165, 1.54) is 0 Å². The van der Waals surface area contributed by atoms with Crippen LogP contribution in [0.25, 0.3) is 10.9 Å². The number of aliphatic carboxylic acids is 1. The molecule has 0 spiro atoms. The number of aromatic nitrogens is 1. The van der Waals surface area contributed by atoms with Gasteiger partial charge in [-0.05, 0) is 48.4 Å². The maximum Gasteiger partial charge on any atom is 0.307 e. The fourth-order valence-corrected chi connectivity index (χ4v) is 4.02. The van der Waals surface area contributed by atoms with Crippen molar-refractivity contribution in [1.82, 2.24) is 4.57 Å². The number of rotatable bonds is 10. The molecule has 0 saturated heterocycles. The molecule has 0 aliphatic heterocycles. The number of benzene rings is 3. The molecule has 0 unspecified atom stereocenters. The first kappa shape index (κ1) is 23.4.